The van der Waals surface area contributed by atoms with Gasteiger partial charge in [0.1, 0.15) is 33.2 Å². The van der Waals surface area contributed by atoms with Crippen LogP contribution < -0.4 is 18.9 Å². The molecule has 0 saturated heterocycles. The van der Waals surface area contributed by atoms with Crippen LogP contribution in [0.2, 0.25) is 0 Å². The predicted molar refractivity (Wildman–Crippen MR) is 157 cm³/mol. The number of benzene rings is 1. The number of rotatable bonds is 11. The Kier molecular flexibility index (Phi) is 9.75. The third kappa shape index (κ3) is 8.13. The lowest BCUT2D eigenvalue weighted by molar-refractivity contribution is -0.137. The highest BCUT2D eigenvalue weighted by Gasteiger charge is 2.28. The average Bonchev–Trinajstić information content (AvgIpc) is 3.32. The number of fused-ring (bicyclic) bond motifs is 1. The molecule has 220 valence electrons. The van der Waals surface area contributed by atoms with Crippen LogP contribution >= 0.6 is 0 Å². The molecule has 2 heterocycles. The fourth-order valence-electron chi connectivity index (χ4n) is 5.05. The maximum Gasteiger partial charge on any atom is 0.304 e. The van der Waals surface area contributed by atoms with Gasteiger partial charge in [-0.15, -0.1) is 0 Å². The van der Waals surface area contributed by atoms with Crippen LogP contribution in [0.1, 0.15) is 54.7 Å². The molecule has 9 nitrogen and oxygen atoms in total. The van der Waals surface area contributed by atoms with E-state index in [0.29, 0.717) is 62.0 Å². The number of pyridine rings is 1. The number of ether oxygens (including phenoxy) is 4. The van der Waals surface area contributed by atoms with Crippen LogP contribution in [0.25, 0.3) is 5.57 Å². The quantitative estimate of drug-likeness (QED) is 0.352. The first kappa shape index (κ1) is 30.2. The van der Waals surface area contributed by atoms with Crippen molar-refractivity contribution in [2.45, 2.75) is 51.0 Å². The van der Waals surface area contributed by atoms with Crippen LogP contribution in [0.4, 0.5) is 0 Å². The van der Waals surface area contributed by atoms with Gasteiger partial charge >= 0.3 is 5.97 Å². The average molecular weight is 584 g/mol. The molecule has 1 aliphatic carbocycles. The third-order valence-corrected chi connectivity index (χ3v) is 8.13. The summed E-state index contributed by atoms with van der Waals surface area (Å²) >= 11 is 0. The first-order valence-corrected chi connectivity index (χ1v) is 15.7. The Labute approximate surface area is 241 Å². The molecule has 0 amide bonds. The molecular formula is C31H37NO8S. The van der Waals surface area contributed by atoms with Gasteiger partial charge in [-0.3, -0.25) is 4.79 Å². The first-order chi connectivity index (χ1) is 19.5. The zero-order valence-corrected chi connectivity index (χ0v) is 24.5. The van der Waals surface area contributed by atoms with Crippen LogP contribution in [0.3, 0.4) is 0 Å². The molecule has 41 heavy (non-hydrogen) atoms. The second kappa shape index (κ2) is 13.2. The molecule has 1 aromatic carbocycles. The summed E-state index contributed by atoms with van der Waals surface area (Å²) in [4.78, 5) is 15.6. The van der Waals surface area contributed by atoms with E-state index in [0.717, 1.165) is 27.8 Å². The van der Waals surface area contributed by atoms with Crippen LogP contribution in [0, 0.1) is 6.92 Å². The highest BCUT2D eigenvalue weighted by Crippen LogP contribution is 2.40. The van der Waals surface area contributed by atoms with Crippen LogP contribution in [0.5, 0.6) is 23.1 Å². The normalized spacial score (nSPS) is 20.9. The minimum atomic E-state index is -3.03. The number of aryl methyl sites for hydroxylation is 1. The van der Waals surface area contributed by atoms with E-state index < -0.39 is 15.8 Å². The van der Waals surface area contributed by atoms with E-state index in [9.17, 15) is 13.2 Å². The van der Waals surface area contributed by atoms with Gasteiger partial charge < -0.3 is 24.1 Å². The Morgan fingerprint density at radius 1 is 1.27 bits per heavy atom. The van der Waals surface area contributed by atoms with E-state index in [1.165, 1.54) is 6.26 Å². The zero-order valence-electron chi connectivity index (χ0n) is 23.7. The Hall–Kier alpha value is -3.79. The SMILES string of the molecule is C=C1CCC(Oc2cc3c(cn2)[C@H](CC(=O)O)CO3)C/C=C\C=C/1c1c(C)cc(OCCCS(C)(=O)=O)cc1OC. The lowest BCUT2D eigenvalue weighted by atomic mass is 9.91. The molecule has 1 N–H and O–H groups in total. The number of hydrogen-bond acceptors (Lipinski definition) is 8. The van der Waals surface area contributed by atoms with Gasteiger partial charge in [0.2, 0.25) is 5.88 Å². The molecule has 0 radical (unpaired) electrons. The Balaban J connectivity index is 1.43. The Morgan fingerprint density at radius 3 is 2.80 bits per heavy atom. The van der Waals surface area contributed by atoms with Crippen molar-refractivity contribution in [1.82, 2.24) is 4.98 Å². The molecular weight excluding hydrogens is 546 g/mol. The summed E-state index contributed by atoms with van der Waals surface area (Å²) in [5, 5.41) is 9.13. The number of aromatic nitrogens is 1. The fourth-order valence-corrected chi connectivity index (χ4v) is 5.69. The monoisotopic (exact) mass is 583 g/mol. The molecule has 2 atom stereocenters. The second-order valence-corrected chi connectivity index (χ2v) is 12.7. The van der Waals surface area contributed by atoms with Crippen molar-refractivity contribution in [3.63, 3.8) is 0 Å². The number of carboxylic acid groups (broad SMARTS) is 1. The van der Waals surface area contributed by atoms with Crippen LogP contribution in [-0.4, -0.2) is 62.9 Å². The van der Waals surface area contributed by atoms with Gasteiger partial charge in [0.05, 0.1) is 32.5 Å². The van der Waals surface area contributed by atoms with Gasteiger partial charge in [-0.2, -0.15) is 0 Å². The van der Waals surface area contributed by atoms with E-state index in [1.54, 1.807) is 19.4 Å². The Bertz CT molecular complexity index is 1460. The molecule has 10 heteroatoms. The molecule has 1 unspecified atom stereocenters. The summed E-state index contributed by atoms with van der Waals surface area (Å²) in [7, 11) is -1.42. The zero-order chi connectivity index (χ0) is 29.6. The summed E-state index contributed by atoms with van der Waals surface area (Å²) in [6.07, 6.45) is 11.3. The summed E-state index contributed by atoms with van der Waals surface area (Å²) in [6, 6.07) is 5.49. The van der Waals surface area contributed by atoms with E-state index in [4.69, 9.17) is 24.1 Å². The van der Waals surface area contributed by atoms with E-state index in [-0.39, 0.29) is 24.2 Å². The van der Waals surface area contributed by atoms with Gasteiger partial charge in [0.25, 0.3) is 0 Å². The number of nitrogens with zero attached hydrogens (tertiary/aromatic N) is 1. The standard InChI is InChI=1S/C31H37NO8S/c1-20-10-11-23(40-29-17-27-26(18-32-29)22(19-39-27)15-30(33)34)8-5-6-9-25(20)31-21(2)14-24(16-28(31)37-3)38-12-7-13-41(4,35)36/h5-6,9,14,16-18,22-23H,1,7-8,10-13,15,19H2,2-4H3,(H,33,34)/b6-5-,25-9+/t22-,23?/m1/s1. The smallest absolute Gasteiger partial charge is 0.304 e. The lowest BCUT2D eigenvalue weighted by Crippen LogP contribution is -2.16. The molecule has 0 bridgehead atoms. The van der Waals surface area contributed by atoms with Gasteiger partial charge in [-0.05, 0) is 49.0 Å². The van der Waals surface area contributed by atoms with Crippen molar-refractivity contribution in [2.24, 2.45) is 0 Å². The number of carboxylic acids is 1. The minimum Gasteiger partial charge on any atom is -0.496 e. The van der Waals surface area contributed by atoms with Crippen molar-refractivity contribution < 1.29 is 37.3 Å². The number of methoxy groups -OCH3 is 1. The van der Waals surface area contributed by atoms with Crippen molar-refractivity contribution in [1.29, 1.82) is 0 Å². The van der Waals surface area contributed by atoms with Crippen molar-refractivity contribution in [2.75, 3.05) is 32.3 Å². The number of hydrogen-bond donors (Lipinski definition) is 1. The number of sulfone groups is 1. The molecule has 2 aromatic rings. The topological polar surface area (TPSA) is 121 Å². The van der Waals surface area contributed by atoms with E-state index in [2.05, 4.69) is 17.6 Å². The van der Waals surface area contributed by atoms with Gasteiger partial charge in [-0.25, -0.2) is 13.4 Å². The van der Waals surface area contributed by atoms with E-state index >= 15 is 0 Å². The minimum absolute atomic E-state index is 0.00510. The molecule has 2 aliphatic rings. The highest BCUT2D eigenvalue weighted by molar-refractivity contribution is 7.90. The third-order valence-electron chi connectivity index (χ3n) is 7.10. The number of carbonyl (C=O) groups is 1. The molecule has 1 aromatic heterocycles. The van der Waals surface area contributed by atoms with E-state index in [1.807, 2.05) is 31.2 Å². The molecule has 0 fully saturated rings. The van der Waals surface area contributed by atoms with Gasteiger partial charge in [0, 0.05) is 48.1 Å². The summed E-state index contributed by atoms with van der Waals surface area (Å²) < 4.78 is 46.3. The number of aliphatic carboxylic acids is 1. The fraction of sp³-hybridized carbons (Fsp3) is 0.419. The molecule has 1 aliphatic heterocycles. The van der Waals surface area contributed by atoms with Crippen LogP contribution in [-0.2, 0) is 14.6 Å². The van der Waals surface area contributed by atoms with Gasteiger partial charge in [-0.1, -0.05) is 24.8 Å². The Morgan fingerprint density at radius 2 is 2.07 bits per heavy atom. The number of allylic oxidation sites excluding steroid dienone is 4. The maximum atomic E-state index is 11.4. The predicted octanol–water partition coefficient (Wildman–Crippen LogP) is 5.29. The summed E-state index contributed by atoms with van der Waals surface area (Å²) in [5.74, 6) is 1.35. The first-order valence-electron chi connectivity index (χ1n) is 13.6. The molecule has 4 rings (SSSR count). The summed E-state index contributed by atoms with van der Waals surface area (Å²) in [6.45, 7) is 6.98. The largest absolute Gasteiger partial charge is 0.496 e. The molecule has 0 saturated carbocycles. The van der Waals surface area contributed by atoms with Crippen molar-refractivity contribution >= 4 is 21.4 Å². The van der Waals surface area contributed by atoms with Crippen LogP contribution in [0.15, 0.2) is 54.8 Å². The van der Waals surface area contributed by atoms with Crippen molar-refractivity contribution in [3.05, 3.63) is 71.5 Å². The maximum absolute atomic E-state index is 11.4. The highest BCUT2D eigenvalue weighted by atomic mass is 32.2. The van der Waals surface area contributed by atoms with Gasteiger partial charge in [0.15, 0.2) is 0 Å². The van der Waals surface area contributed by atoms with Crippen molar-refractivity contribution in [3.8, 4) is 23.1 Å². The second-order valence-electron chi connectivity index (χ2n) is 10.4. The summed E-state index contributed by atoms with van der Waals surface area (Å²) in [5.41, 5.74) is 4.59. The lowest BCUT2D eigenvalue weighted by Gasteiger charge is -2.20. The molecule has 0 spiro atoms.